The van der Waals surface area contributed by atoms with Gasteiger partial charge in [0.2, 0.25) is 0 Å². The van der Waals surface area contributed by atoms with E-state index in [2.05, 4.69) is 4.49 Å². The van der Waals surface area contributed by atoms with E-state index in [1.165, 1.54) is 16.2 Å². The monoisotopic (exact) mass is 192 g/mol. The maximum Gasteiger partial charge on any atom is 0.194 e. The van der Waals surface area contributed by atoms with E-state index in [1.807, 2.05) is 30.3 Å². The van der Waals surface area contributed by atoms with Gasteiger partial charge >= 0.3 is 0 Å². The molecule has 0 spiro atoms. The van der Waals surface area contributed by atoms with Crippen molar-refractivity contribution < 1.29 is 9.79 Å². The Kier molecular flexibility index (Phi) is 1.98. The largest absolute Gasteiger partial charge is 0.820 e. The number of rotatable bonds is 1. The maximum atomic E-state index is 11.5. The van der Waals surface area contributed by atoms with Gasteiger partial charge in [-0.1, -0.05) is 35.0 Å². The van der Waals surface area contributed by atoms with Crippen LogP contribution in [0.4, 0.5) is 0 Å². The summed E-state index contributed by atoms with van der Waals surface area (Å²) in [6.07, 6.45) is 0. The molecule has 0 unspecified atom stereocenters. The summed E-state index contributed by atoms with van der Waals surface area (Å²) in [5.74, 6) is -0.0313. The first-order valence-electron chi connectivity index (χ1n) is 3.87. The van der Waals surface area contributed by atoms with Crippen LogP contribution in [0.2, 0.25) is 0 Å². The molecule has 3 nitrogen and oxygen atoms in total. The molecule has 1 heterocycles. The third-order valence-electron chi connectivity index (χ3n) is 1.78. The van der Waals surface area contributed by atoms with Gasteiger partial charge < -0.3 is 5.11 Å². The maximum absolute atomic E-state index is 11.5. The molecule has 0 aliphatic rings. The standard InChI is InChI=1S/C9H8N2OS/c1-11-9(12)8(13-10-11)7-5-3-2-4-6-7/h2-6H,1H3. The van der Waals surface area contributed by atoms with Crippen molar-refractivity contribution in [2.45, 2.75) is 0 Å². The van der Waals surface area contributed by atoms with Crippen LogP contribution in [-0.2, 0) is 7.05 Å². The zero-order chi connectivity index (χ0) is 9.26. The summed E-state index contributed by atoms with van der Waals surface area (Å²) in [6.45, 7) is 0. The number of benzene rings is 1. The second kappa shape index (κ2) is 3.14. The highest BCUT2D eigenvalue weighted by atomic mass is 32.1. The lowest BCUT2D eigenvalue weighted by Crippen LogP contribution is -2.32. The lowest BCUT2D eigenvalue weighted by molar-refractivity contribution is -0.757. The minimum Gasteiger partial charge on any atom is -0.820 e. The van der Waals surface area contributed by atoms with Crippen LogP contribution in [-0.4, -0.2) is 4.49 Å². The smallest absolute Gasteiger partial charge is 0.194 e. The Bertz CT molecular complexity index is 411. The van der Waals surface area contributed by atoms with Gasteiger partial charge in [-0.25, -0.2) is 0 Å². The summed E-state index contributed by atoms with van der Waals surface area (Å²) in [7, 11) is 1.66. The molecular weight excluding hydrogens is 184 g/mol. The number of aryl methyl sites for hydroxylation is 1. The third-order valence-corrected chi connectivity index (χ3v) is 2.70. The summed E-state index contributed by atoms with van der Waals surface area (Å²) in [5.41, 5.74) is 0.936. The van der Waals surface area contributed by atoms with Crippen LogP contribution in [0.25, 0.3) is 10.4 Å². The molecule has 0 amide bonds. The third kappa shape index (κ3) is 1.40. The van der Waals surface area contributed by atoms with Crippen molar-refractivity contribution >= 4 is 11.5 Å². The highest BCUT2D eigenvalue weighted by Crippen LogP contribution is 2.26. The summed E-state index contributed by atoms with van der Waals surface area (Å²) >= 11 is 1.23. The topological polar surface area (TPSA) is 39.8 Å². The van der Waals surface area contributed by atoms with Gasteiger partial charge in [-0.15, -0.1) is 0 Å². The first-order valence-corrected chi connectivity index (χ1v) is 4.65. The Morgan fingerprint density at radius 3 is 2.54 bits per heavy atom. The lowest BCUT2D eigenvalue weighted by atomic mass is 10.2. The van der Waals surface area contributed by atoms with E-state index in [9.17, 15) is 5.11 Å². The second-order valence-corrected chi connectivity index (χ2v) is 3.45. The van der Waals surface area contributed by atoms with Crippen molar-refractivity contribution in [3.8, 4) is 16.3 Å². The van der Waals surface area contributed by atoms with Gasteiger partial charge in [-0.3, -0.25) is 0 Å². The van der Waals surface area contributed by atoms with Crippen molar-refractivity contribution in [1.82, 2.24) is 4.49 Å². The average molecular weight is 192 g/mol. The van der Waals surface area contributed by atoms with Crippen LogP contribution in [0.1, 0.15) is 0 Å². The van der Waals surface area contributed by atoms with Gasteiger partial charge in [0.05, 0.1) is 4.49 Å². The Labute approximate surface area is 80.0 Å². The van der Waals surface area contributed by atoms with Crippen molar-refractivity contribution in [3.63, 3.8) is 0 Å². The van der Waals surface area contributed by atoms with E-state index in [1.54, 1.807) is 7.05 Å². The predicted molar refractivity (Wildman–Crippen MR) is 48.2 cm³/mol. The quantitative estimate of drug-likeness (QED) is 0.624. The zero-order valence-electron chi connectivity index (χ0n) is 7.10. The van der Waals surface area contributed by atoms with Gasteiger partial charge in [-0.05, 0) is 5.56 Å². The van der Waals surface area contributed by atoms with E-state index in [4.69, 9.17) is 0 Å². The van der Waals surface area contributed by atoms with E-state index in [-0.39, 0.29) is 5.88 Å². The number of hydrogen-bond donors (Lipinski definition) is 0. The molecule has 0 aliphatic carbocycles. The molecule has 0 saturated carbocycles. The van der Waals surface area contributed by atoms with Crippen LogP contribution < -0.4 is 9.79 Å². The molecule has 0 aliphatic heterocycles. The Hall–Kier alpha value is -1.42. The first-order chi connectivity index (χ1) is 6.29. The summed E-state index contributed by atoms with van der Waals surface area (Å²) in [4.78, 5) is 0.697. The van der Waals surface area contributed by atoms with Crippen molar-refractivity contribution in [2.75, 3.05) is 0 Å². The second-order valence-electron chi connectivity index (χ2n) is 2.70. The molecule has 4 heteroatoms. The molecule has 0 radical (unpaired) electrons. The number of aromatic nitrogens is 2. The predicted octanol–water partition coefficient (Wildman–Crippen LogP) is 0.708. The minimum absolute atomic E-state index is 0.0313. The van der Waals surface area contributed by atoms with E-state index in [0.717, 1.165) is 5.56 Å². The molecule has 13 heavy (non-hydrogen) atoms. The van der Waals surface area contributed by atoms with E-state index in [0.29, 0.717) is 4.88 Å². The lowest BCUT2D eigenvalue weighted by Gasteiger charge is -1.98. The molecule has 0 N–H and O–H groups in total. The molecule has 0 fully saturated rings. The van der Waals surface area contributed by atoms with Crippen LogP contribution in [0.3, 0.4) is 0 Å². The Morgan fingerprint density at radius 2 is 2.00 bits per heavy atom. The van der Waals surface area contributed by atoms with Crippen LogP contribution in [0.5, 0.6) is 5.88 Å². The highest BCUT2D eigenvalue weighted by Gasteiger charge is 2.10. The molecule has 2 rings (SSSR count). The first kappa shape index (κ1) is 8.19. The zero-order valence-corrected chi connectivity index (χ0v) is 7.91. The van der Waals surface area contributed by atoms with Crippen molar-refractivity contribution in [3.05, 3.63) is 30.3 Å². The van der Waals surface area contributed by atoms with Gasteiger partial charge in [0.25, 0.3) is 0 Å². The summed E-state index contributed by atoms with van der Waals surface area (Å²) in [6, 6.07) is 9.57. The number of nitrogens with zero attached hydrogens (tertiary/aromatic N) is 2. The highest BCUT2D eigenvalue weighted by molar-refractivity contribution is 7.09. The van der Waals surface area contributed by atoms with Gasteiger partial charge in [0, 0.05) is 11.5 Å². The molecule has 0 atom stereocenters. The molecule has 2 aromatic rings. The molecule has 1 aromatic heterocycles. The normalized spacial score (nSPS) is 10.2. The van der Waals surface area contributed by atoms with Crippen LogP contribution in [0, 0.1) is 0 Å². The minimum atomic E-state index is -0.0313. The van der Waals surface area contributed by atoms with E-state index >= 15 is 0 Å². The molecule has 1 aromatic carbocycles. The molecular formula is C9H8N2OS. The van der Waals surface area contributed by atoms with Gasteiger partial charge in [0.1, 0.15) is 4.88 Å². The fourth-order valence-electron chi connectivity index (χ4n) is 1.09. The van der Waals surface area contributed by atoms with Crippen LogP contribution >= 0.6 is 11.5 Å². The fourth-order valence-corrected chi connectivity index (χ4v) is 1.82. The Balaban J connectivity index is 2.53. The van der Waals surface area contributed by atoms with Crippen molar-refractivity contribution in [1.29, 1.82) is 0 Å². The molecule has 0 saturated heterocycles. The number of hydrogen-bond acceptors (Lipinski definition) is 3. The van der Waals surface area contributed by atoms with Gasteiger partial charge in [-0.2, -0.15) is 0 Å². The van der Waals surface area contributed by atoms with Gasteiger partial charge in [0.15, 0.2) is 12.9 Å². The van der Waals surface area contributed by atoms with E-state index < -0.39 is 0 Å². The summed E-state index contributed by atoms with van der Waals surface area (Å²) in [5, 5.41) is 11.5. The fraction of sp³-hybridized carbons (Fsp3) is 0.111. The van der Waals surface area contributed by atoms with Crippen molar-refractivity contribution in [2.24, 2.45) is 7.05 Å². The SMILES string of the molecule is C[n+]1nsc(-c2ccccc2)c1[O-]. The Morgan fingerprint density at radius 1 is 1.31 bits per heavy atom. The average Bonchev–Trinajstić information content (AvgIpc) is 2.49. The van der Waals surface area contributed by atoms with Crippen LogP contribution in [0.15, 0.2) is 30.3 Å². The molecule has 66 valence electrons. The molecule has 0 bridgehead atoms. The summed E-state index contributed by atoms with van der Waals surface area (Å²) < 4.78 is 5.29.